The molecule has 0 radical (unpaired) electrons. The first kappa shape index (κ1) is 26.5. The molecule has 37 heavy (non-hydrogen) atoms. The highest BCUT2D eigenvalue weighted by atomic mass is 35.5. The number of nitrogens with one attached hydrogen (secondary N) is 2. The molecule has 1 saturated heterocycles. The van der Waals surface area contributed by atoms with Crippen LogP contribution in [0.2, 0.25) is 5.02 Å². The molecule has 3 fully saturated rings. The molecule has 5 rings (SSSR count). The Morgan fingerprint density at radius 2 is 1.92 bits per heavy atom. The number of rotatable bonds is 8. The summed E-state index contributed by atoms with van der Waals surface area (Å²) in [5, 5.41) is 16.9. The van der Waals surface area contributed by atoms with Crippen molar-refractivity contribution in [2.24, 2.45) is 23.7 Å². The molecule has 3 N–H and O–H groups in total. The largest absolute Gasteiger partial charge is 0.395 e. The van der Waals surface area contributed by atoms with E-state index >= 15 is 0 Å². The summed E-state index contributed by atoms with van der Waals surface area (Å²) in [4.78, 5) is 14.0. The molecule has 0 spiro atoms. The maximum Gasteiger partial charge on any atom is 0.229 e. The van der Waals surface area contributed by atoms with Gasteiger partial charge in [-0.05, 0) is 80.0 Å². The molecule has 7 nitrogen and oxygen atoms in total. The molecule has 8 heteroatoms. The molecule has 2 heterocycles. The van der Waals surface area contributed by atoms with Crippen molar-refractivity contribution in [3.63, 3.8) is 0 Å². The maximum absolute atomic E-state index is 9.19. The Kier molecular flexibility index (Phi) is 8.42. The number of benzene rings is 1. The zero-order chi connectivity index (χ0) is 25.9. The highest BCUT2D eigenvalue weighted by molar-refractivity contribution is 6.32. The third-order valence-corrected chi connectivity index (χ3v) is 9.25. The van der Waals surface area contributed by atoms with Gasteiger partial charge in [-0.25, -0.2) is 4.98 Å². The highest BCUT2D eigenvalue weighted by Gasteiger charge is 2.41. The van der Waals surface area contributed by atoms with Crippen LogP contribution in [0.5, 0.6) is 0 Å². The number of hydrogen-bond donors (Lipinski definition) is 3. The lowest BCUT2D eigenvalue weighted by Crippen LogP contribution is -2.47. The van der Waals surface area contributed by atoms with Crippen molar-refractivity contribution in [3.8, 4) is 0 Å². The minimum Gasteiger partial charge on any atom is -0.395 e. The fraction of sp³-hybridized carbons (Fsp3) is 0.655. The number of halogens is 1. The monoisotopic (exact) mass is 526 g/mol. The molecule has 4 unspecified atom stereocenters. The normalized spacial score (nSPS) is 28.2. The Bertz CT molecular complexity index is 1060. The molecule has 0 amide bonds. The van der Waals surface area contributed by atoms with E-state index in [1.807, 2.05) is 0 Å². The van der Waals surface area contributed by atoms with Crippen LogP contribution in [0.3, 0.4) is 0 Å². The molecular formula is C29H43ClN6O. The average molecular weight is 527 g/mol. The highest BCUT2D eigenvalue weighted by Crippen LogP contribution is 2.47. The second kappa shape index (κ2) is 11.7. The van der Waals surface area contributed by atoms with Crippen LogP contribution in [0, 0.1) is 30.6 Å². The van der Waals surface area contributed by atoms with Crippen molar-refractivity contribution in [1.29, 1.82) is 0 Å². The van der Waals surface area contributed by atoms with Crippen LogP contribution < -0.4 is 15.5 Å². The van der Waals surface area contributed by atoms with Crippen molar-refractivity contribution in [1.82, 2.24) is 14.9 Å². The van der Waals surface area contributed by atoms with Gasteiger partial charge in [-0.1, -0.05) is 31.9 Å². The van der Waals surface area contributed by atoms with Crippen molar-refractivity contribution < 1.29 is 5.11 Å². The van der Waals surface area contributed by atoms with Crippen molar-refractivity contribution in [2.75, 3.05) is 54.9 Å². The average Bonchev–Trinajstić information content (AvgIpc) is 2.89. The zero-order valence-electron chi connectivity index (χ0n) is 22.6. The molecule has 2 aliphatic carbocycles. The molecular weight excluding hydrogens is 484 g/mol. The van der Waals surface area contributed by atoms with Gasteiger partial charge in [0.25, 0.3) is 0 Å². The number of aromatic nitrogens is 2. The molecule has 1 aliphatic heterocycles. The standard InChI is InChI=1S/C29H43ClN6O/c1-4-21-15-22-13-20(3)27(23(16-21)17-22)33-28-25(30)18-31-29(34-28)32-24-5-6-26(19(2)14-24)36-9-7-35(8-10-36)11-12-37/h5-6,14,18,20-23,27,37H,4,7-13,15-17H2,1-3H3,(H2,31,32,33,34)/t20?,21?,22?,23?,27-/m0/s1. The minimum absolute atomic E-state index is 0.226. The van der Waals surface area contributed by atoms with Gasteiger partial charge in [0.1, 0.15) is 5.02 Å². The topological polar surface area (TPSA) is 76.6 Å². The number of aryl methyl sites for hydroxylation is 1. The van der Waals surface area contributed by atoms with E-state index in [9.17, 15) is 5.11 Å². The lowest BCUT2D eigenvalue weighted by Gasteiger charge is -2.47. The third-order valence-electron chi connectivity index (χ3n) is 8.97. The lowest BCUT2D eigenvalue weighted by molar-refractivity contribution is 0.0882. The van der Waals surface area contributed by atoms with E-state index in [4.69, 9.17) is 16.6 Å². The van der Waals surface area contributed by atoms with E-state index in [1.165, 1.54) is 43.4 Å². The van der Waals surface area contributed by atoms with Crippen molar-refractivity contribution in [2.45, 2.75) is 58.9 Å². The molecule has 2 saturated carbocycles. The van der Waals surface area contributed by atoms with Crippen LogP contribution in [0.25, 0.3) is 0 Å². The van der Waals surface area contributed by atoms with Crippen molar-refractivity contribution >= 4 is 34.7 Å². The number of anilines is 4. The predicted octanol–water partition coefficient (Wildman–Crippen LogP) is 5.56. The van der Waals surface area contributed by atoms with Gasteiger partial charge in [-0.15, -0.1) is 0 Å². The molecule has 2 bridgehead atoms. The van der Waals surface area contributed by atoms with Crippen LogP contribution in [-0.4, -0.2) is 65.3 Å². The van der Waals surface area contributed by atoms with E-state index in [0.717, 1.165) is 56.1 Å². The molecule has 1 aromatic carbocycles. The second-order valence-electron chi connectivity index (χ2n) is 11.6. The summed E-state index contributed by atoms with van der Waals surface area (Å²) < 4.78 is 0. The first-order valence-electron chi connectivity index (χ1n) is 14.2. The first-order valence-corrected chi connectivity index (χ1v) is 14.6. The Morgan fingerprint density at radius 1 is 1.11 bits per heavy atom. The van der Waals surface area contributed by atoms with Gasteiger partial charge >= 0.3 is 0 Å². The fourth-order valence-electron chi connectivity index (χ4n) is 7.09. The van der Waals surface area contributed by atoms with Crippen LogP contribution in [0.1, 0.15) is 51.5 Å². The maximum atomic E-state index is 9.19. The number of fused-ring (bicyclic) bond motifs is 2. The van der Waals surface area contributed by atoms with Gasteiger partial charge in [-0.2, -0.15) is 4.98 Å². The van der Waals surface area contributed by atoms with Crippen LogP contribution in [0.4, 0.5) is 23.1 Å². The van der Waals surface area contributed by atoms with Crippen LogP contribution in [0.15, 0.2) is 24.4 Å². The second-order valence-corrected chi connectivity index (χ2v) is 12.0. The summed E-state index contributed by atoms with van der Waals surface area (Å²) in [6, 6.07) is 6.85. The van der Waals surface area contributed by atoms with E-state index < -0.39 is 0 Å². The number of hydrogen-bond acceptors (Lipinski definition) is 7. The minimum atomic E-state index is 0.226. The van der Waals surface area contributed by atoms with Crippen LogP contribution >= 0.6 is 11.6 Å². The smallest absolute Gasteiger partial charge is 0.229 e. The van der Waals surface area contributed by atoms with Crippen molar-refractivity contribution in [3.05, 3.63) is 35.0 Å². The Balaban J connectivity index is 1.25. The summed E-state index contributed by atoms with van der Waals surface area (Å²) >= 11 is 6.58. The van der Waals surface area contributed by atoms with Gasteiger partial charge < -0.3 is 20.6 Å². The van der Waals surface area contributed by atoms with E-state index in [-0.39, 0.29) is 6.61 Å². The SMILES string of the molecule is CCC1CC2CC(C)[C@H](Nc3nc(Nc4ccc(N5CCN(CCO)CC5)c(C)c4)ncc3Cl)C(C1)C2. The summed E-state index contributed by atoms with van der Waals surface area (Å²) in [7, 11) is 0. The number of piperazine rings is 1. The van der Waals surface area contributed by atoms with E-state index in [0.29, 0.717) is 28.8 Å². The van der Waals surface area contributed by atoms with Crippen LogP contribution in [-0.2, 0) is 0 Å². The Labute approximate surface area is 227 Å². The molecule has 5 atom stereocenters. The molecule has 2 aromatic rings. The lowest BCUT2D eigenvalue weighted by atomic mass is 9.62. The van der Waals surface area contributed by atoms with Gasteiger partial charge in [0.2, 0.25) is 5.95 Å². The quantitative estimate of drug-likeness (QED) is 0.415. The van der Waals surface area contributed by atoms with E-state index in [1.54, 1.807) is 6.20 Å². The predicted molar refractivity (Wildman–Crippen MR) is 153 cm³/mol. The summed E-state index contributed by atoms with van der Waals surface area (Å²) in [5.74, 6) is 4.34. The number of aliphatic hydroxyl groups excluding tert-OH is 1. The van der Waals surface area contributed by atoms with Gasteiger partial charge in [0.15, 0.2) is 5.82 Å². The molecule has 202 valence electrons. The Morgan fingerprint density at radius 3 is 2.65 bits per heavy atom. The Hall–Kier alpha value is -2.09. The fourth-order valence-corrected chi connectivity index (χ4v) is 7.24. The van der Waals surface area contributed by atoms with Gasteiger partial charge in [0.05, 0.1) is 12.8 Å². The number of β-amino-alcohol motifs (C(OH)–C–C–N with tert-alkyl or cyclic N) is 1. The zero-order valence-corrected chi connectivity index (χ0v) is 23.3. The van der Waals surface area contributed by atoms with Gasteiger partial charge in [0, 0.05) is 50.1 Å². The third kappa shape index (κ3) is 6.15. The number of nitrogens with zero attached hydrogens (tertiary/aromatic N) is 4. The van der Waals surface area contributed by atoms with E-state index in [2.05, 4.69) is 64.4 Å². The first-order chi connectivity index (χ1) is 17.9. The van der Waals surface area contributed by atoms with Gasteiger partial charge in [-0.3, -0.25) is 4.90 Å². The molecule has 3 aliphatic rings. The summed E-state index contributed by atoms with van der Waals surface area (Å²) in [6.07, 6.45) is 8.33. The number of aliphatic hydroxyl groups is 1. The molecule has 1 aromatic heterocycles. The summed E-state index contributed by atoms with van der Waals surface area (Å²) in [6.45, 7) is 11.8. The summed E-state index contributed by atoms with van der Waals surface area (Å²) in [5.41, 5.74) is 3.46.